The van der Waals surface area contributed by atoms with Crippen LogP contribution in [0.1, 0.15) is 23.2 Å². The maximum Gasteiger partial charge on any atom is 0.265 e. The van der Waals surface area contributed by atoms with Crippen molar-refractivity contribution in [3.63, 3.8) is 0 Å². The average molecular weight is 291 g/mol. The average Bonchev–Trinajstić information content (AvgIpc) is 2.28. The van der Waals surface area contributed by atoms with E-state index in [9.17, 15) is 8.78 Å². The maximum absolute atomic E-state index is 12.7. The minimum absolute atomic E-state index is 0.0686. The van der Waals surface area contributed by atoms with Gasteiger partial charge in [0.1, 0.15) is 0 Å². The summed E-state index contributed by atoms with van der Waals surface area (Å²) in [4.78, 5) is 3.92. The summed E-state index contributed by atoms with van der Waals surface area (Å²) in [6.45, 7) is 0. The molecule has 16 heavy (non-hydrogen) atoms. The Kier molecular flexibility index (Phi) is 4.62. The second kappa shape index (κ2) is 5.75. The fourth-order valence-corrected chi connectivity index (χ4v) is 1.67. The molecule has 0 aliphatic rings. The third-order valence-corrected chi connectivity index (χ3v) is 2.60. The van der Waals surface area contributed by atoms with E-state index in [0.29, 0.717) is 10.9 Å². The standard InChI is InChI=1S/C10H9BrF2N2O/c1-16-10-6(5-11)4-7(9(12)13)8(15-10)2-3-14/h4,9H,2,5H2,1H3. The van der Waals surface area contributed by atoms with Crippen molar-refractivity contribution in [1.29, 1.82) is 5.26 Å². The predicted octanol–water partition coefficient (Wildman–Crippen LogP) is 2.99. The van der Waals surface area contributed by atoms with Crippen molar-refractivity contribution in [3.05, 3.63) is 22.9 Å². The van der Waals surface area contributed by atoms with Crippen molar-refractivity contribution in [2.24, 2.45) is 0 Å². The SMILES string of the molecule is COc1nc(CC#N)c(C(F)F)cc1CBr. The van der Waals surface area contributed by atoms with Gasteiger partial charge in [-0.15, -0.1) is 0 Å². The lowest BCUT2D eigenvalue weighted by atomic mass is 10.1. The predicted molar refractivity (Wildman–Crippen MR) is 57.7 cm³/mol. The Balaban J connectivity index is 3.30. The monoisotopic (exact) mass is 290 g/mol. The van der Waals surface area contributed by atoms with Crippen LogP contribution < -0.4 is 4.74 Å². The lowest BCUT2D eigenvalue weighted by Crippen LogP contribution is -2.03. The summed E-state index contributed by atoms with van der Waals surface area (Å²) >= 11 is 3.17. The van der Waals surface area contributed by atoms with E-state index in [1.165, 1.54) is 13.2 Å². The highest BCUT2D eigenvalue weighted by Crippen LogP contribution is 2.28. The lowest BCUT2D eigenvalue weighted by molar-refractivity contribution is 0.149. The Hall–Kier alpha value is -1.22. The molecular weight excluding hydrogens is 282 g/mol. The van der Waals surface area contributed by atoms with Crippen LogP contribution in [0.25, 0.3) is 0 Å². The Morgan fingerprint density at radius 2 is 2.31 bits per heavy atom. The van der Waals surface area contributed by atoms with Crippen molar-refractivity contribution in [1.82, 2.24) is 4.98 Å². The van der Waals surface area contributed by atoms with Gasteiger partial charge < -0.3 is 4.74 Å². The molecule has 0 bridgehead atoms. The van der Waals surface area contributed by atoms with Gasteiger partial charge in [0.25, 0.3) is 6.43 Å². The highest BCUT2D eigenvalue weighted by atomic mass is 79.9. The van der Waals surface area contributed by atoms with Crippen LogP contribution in [0.5, 0.6) is 5.88 Å². The van der Waals surface area contributed by atoms with Crippen molar-refractivity contribution in [2.45, 2.75) is 18.2 Å². The molecule has 0 atom stereocenters. The molecule has 0 aliphatic heterocycles. The van der Waals surface area contributed by atoms with E-state index in [1.54, 1.807) is 6.07 Å². The summed E-state index contributed by atoms with van der Waals surface area (Å²) in [6.07, 6.45) is -2.79. The molecule has 6 heteroatoms. The largest absolute Gasteiger partial charge is 0.481 e. The molecule has 0 saturated heterocycles. The Bertz CT molecular complexity index is 418. The van der Waals surface area contributed by atoms with Crippen molar-refractivity contribution in [2.75, 3.05) is 7.11 Å². The molecule has 0 spiro atoms. The molecule has 0 fully saturated rings. The summed E-state index contributed by atoms with van der Waals surface area (Å²) < 4.78 is 30.4. The Morgan fingerprint density at radius 1 is 1.62 bits per heavy atom. The van der Waals surface area contributed by atoms with E-state index in [-0.39, 0.29) is 23.6 Å². The molecule has 1 heterocycles. The summed E-state index contributed by atoms with van der Waals surface area (Å²) in [6, 6.07) is 3.12. The van der Waals surface area contributed by atoms with Gasteiger partial charge in [0.15, 0.2) is 0 Å². The van der Waals surface area contributed by atoms with Crippen LogP contribution in [-0.2, 0) is 11.8 Å². The molecule has 0 radical (unpaired) electrons. The smallest absolute Gasteiger partial charge is 0.265 e. The zero-order valence-electron chi connectivity index (χ0n) is 8.51. The fraction of sp³-hybridized carbons (Fsp3) is 0.400. The molecule has 0 unspecified atom stereocenters. The van der Waals surface area contributed by atoms with E-state index in [0.717, 1.165) is 0 Å². The van der Waals surface area contributed by atoms with Gasteiger partial charge in [-0.25, -0.2) is 13.8 Å². The molecule has 1 aromatic heterocycles. The molecule has 0 aromatic carbocycles. The topological polar surface area (TPSA) is 45.9 Å². The van der Waals surface area contributed by atoms with Crippen molar-refractivity contribution >= 4 is 15.9 Å². The third-order valence-electron chi connectivity index (χ3n) is 1.99. The van der Waals surface area contributed by atoms with Crippen molar-refractivity contribution < 1.29 is 13.5 Å². The number of hydrogen-bond donors (Lipinski definition) is 0. The van der Waals surface area contributed by atoms with E-state index in [1.807, 2.05) is 0 Å². The van der Waals surface area contributed by atoms with Crippen LogP contribution >= 0.6 is 15.9 Å². The van der Waals surface area contributed by atoms with Crippen LogP contribution in [0.15, 0.2) is 6.07 Å². The number of nitrogens with zero attached hydrogens (tertiary/aromatic N) is 2. The molecule has 1 rings (SSSR count). The molecule has 3 nitrogen and oxygen atoms in total. The van der Waals surface area contributed by atoms with Crippen LogP contribution in [0.4, 0.5) is 8.78 Å². The number of alkyl halides is 3. The van der Waals surface area contributed by atoms with Gasteiger partial charge in [0.05, 0.1) is 25.3 Å². The lowest BCUT2D eigenvalue weighted by Gasteiger charge is -2.11. The summed E-state index contributed by atoms with van der Waals surface area (Å²) in [5.41, 5.74) is 0.398. The summed E-state index contributed by atoms with van der Waals surface area (Å²) in [5, 5.41) is 8.90. The van der Waals surface area contributed by atoms with Crippen LogP contribution in [0, 0.1) is 11.3 Å². The second-order valence-electron chi connectivity index (χ2n) is 2.96. The van der Waals surface area contributed by atoms with E-state index >= 15 is 0 Å². The molecule has 0 saturated carbocycles. The number of halogens is 3. The number of rotatable bonds is 4. The molecule has 1 aromatic rings. The van der Waals surface area contributed by atoms with Gasteiger partial charge in [0, 0.05) is 16.5 Å². The first-order chi connectivity index (χ1) is 7.63. The van der Waals surface area contributed by atoms with Gasteiger partial charge in [-0.1, -0.05) is 15.9 Å². The zero-order chi connectivity index (χ0) is 12.1. The first-order valence-electron chi connectivity index (χ1n) is 4.41. The number of methoxy groups -OCH3 is 1. The number of pyridine rings is 1. The highest BCUT2D eigenvalue weighted by Gasteiger charge is 2.18. The summed E-state index contributed by atoms with van der Waals surface area (Å²) in [5.74, 6) is 0.270. The third kappa shape index (κ3) is 2.67. The molecule has 0 aliphatic carbocycles. The minimum Gasteiger partial charge on any atom is -0.481 e. The Morgan fingerprint density at radius 3 is 2.75 bits per heavy atom. The number of aromatic nitrogens is 1. The molecule has 86 valence electrons. The molecular formula is C10H9BrF2N2O. The molecule has 0 amide bonds. The van der Waals surface area contributed by atoms with Crippen LogP contribution in [-0.4, -0.2) is 12.1 Å². The first-order valence-corrected chi connectivity index (χ1v) is 5.54. The van der Waals surface area contributed by atoms with Gasteiger partial charge in [-0.05, 0) is 6.07 Å². The van der Waals surface area contributed by atoms with E-state index < -0.39 is 6.43 Å². The van der Waals surface area contributed by atoms with Crippen LogP contribution in [0.2, 0.25) is 0 Å². The normalized spacial score (nSPS) is 10.2. The number of nitriles is 1. The number of ether oxygens (including phenoxy) is 1. The van der Waals surface area contributed by atoms with Crippen molar-refractivity contribution in [3.8, 4) is 11.9 Å². The first kappa shape index (κ1) is 12.8. The highest BCUT2D eigenvalue weighted by molar-refractivity contribution is 9.08. The van der Waals surface area contributed by atoms with E-state index in [4.69, 9.17) is 10.00 Å². The van der Waals surface area contributed by atoms with Crippen LogP contribution in [0.3, 0.4) is 0 Å². The number of hydrogen-bond acceptors (Lipinski definition) is 3. The maximum atomic E-state index is 12.7. The Labute approximate surface area is 100 Å². The van der Waals surface area contributed by atoms with Gasteiger partial charge >= 0.3 is 0 Å². The molecule has 0 N–H and O–H groups in total. The van der Waals surface area contributed by atoms with Gasteiger partial charge in [-0.2, -0.15) is 5.26 Å². The van der Waals surface area contributed by atoms with Gasteiger partial charge in [-0.3, -0.25) is 0 Å². The minimum atomic E-state index is -2.64. The zero-order valence-corrected chi connectivity index (χ0v) is 10.1. The van der Waals surface area contributed by atoms with Gasteiger partial charge in [0.2, 0.25) is 5.88 Å². The fourth-order valence-electron chi connectivity index (χ4n) is 1.27. The second-order valence-corrected chi connectivity index (χ2v) is 3.52. The quantitative estimate of drug-likeness (QED) is 0.801. The summed E-state index contributed by atoms with van der Waals surface area (Å²) in [7, 11) is 1.41. The van der Waals surface area contributed by atoms with E-state index in [2.05, 4.69) is 20.9 Å².